The third-order valence-electron chi connectivity index (χ3n) is 3.37. The normalized spacial score (nSPS) is 10.8. The zero-order chi connectivity index (χ0) is 14.9. The number of hydrogen-bond donors (Lipinski definition) is 1. The molecule has 0 radical (unpaired) electrons. The minimum atomic E-state index is 0.797. The lowest BCUT2D eigenvalue weighted by Gasteiger charge is -2.10. The van der Waals surface area contributed by atoms with E-state index < -0.39 is 0 Å². The summed E-state index contributed by atoms with van der Waals surface area (Å²) in [5.74, 6) is 1.78. The van der Waals surface area contributed by atoms with Gasteiger partial charge < -0.3 is 14.8 Å². The Kier molecular flexibility index (Phi) is 6.28. The standard InChI is InChI=1S/C17H24N2O2/c1-3-4-11-21-12-5-9-18-17-16-7-6-15(20-2)13-14(16)8-10-19-17/h6-8,10,13H,3-5,9,11-12H2,1-2H3,(H,18,19). The van der Waals surface area contributed by atoms with Crippen LogP contribution in [0.3, 0.4) is 0 Å². The first-order valence-electron chi connectivity index (χ1n) is 7.59. The molecule has 1 aromatic heterocycles. The molecule has 0 aliphatic heterocycles. The van der Waals surface area contributed by atoms with Crippen molar-refractivity contribution >= 4 is 16.6 Å². The number of aromatic nitrogens is 1. The Morgan fingerprint density at radius 3 is 2.81 bits per heavy atom. The van der Waals surface area contributed by atoms with Gasteiger partial charge in [-0.3, -0.25) is 0 Å². The molecule has 0 bridgehead atoms. The fourth-order valence-corrected chi connectivity index (χ4v) is 2.15. The maximum atomic E-state index is 5.55. The summed E-state index contributed by atoms with van der Waals surface area (Å²) in [4.78, 5) is 4.42. The first kappa shape index (κ1) is 15.6. The molecule has 4 heteroatoms. The molecule has 0 amide bonds. The van der Waals surface area contributed by atoms with Crippen LogP contribution in [0, 0.1) is 0 Å². The van der Waals surface area contributed by atoms with Gasteiger partial charge in [-0.15, -0.1) is 0 Å². The highest BCUT2D eigenvalue weighted by Crippen LogP contribution is 2.25. The summed E-state index contributed by atoms with van der Waals surface area (Å²) in [6, 6.07) is 8.03. The van der Waals surface area contributed by atoms with Crippen LogP contribution in [-0.4, -0.2) is 31.9 Å². The van der Waals surface area contributed by atoms with Crippen molar-refractivity contribution in [1.82, 2.24) is 4.98 Å². The van der Waals surface area contributed by atoms with E-state index in [1.54, 1.807) is 7.11 Å². The Labute approximate surface area is 126 Å². The molecule has 0 unspecified atom stereocenters. The molecule has 21 heavy (non-hydrogen) atoms. The van der Waals surface area contributed by atoms with Crippen LogP contribution in [0.5, 0.6) is 5.75 Å². The minimum Gasteiger partial charge on any atom is -0.497 e. The van der Waals surface area contributed by atoms with Gasteiger partial charge in [0.05, 0.1) is 7.11 Å². The van der Waals surface area contributed by atoms with E-state index in [-0.39, 0.29) is 0 Å². The number of methoxy groups -OCH3 is 1. The minimum absolute atomic E-state index is 0.797. The van der Waals surface area contributed by atoms with Crippen LogP contribution in [0.25, 0.3) is 10.8 Å². The van der Waals surface area contributed by atoms with E-state index in [0.29, 0.717) is 0 Å². The number of nitrogens with zero attached hydrogens (tertiary/aromatic N) is 1. The Hall–Kier alpha value is -1.81. The average molecular weight is 288 g/mol. The summed E-state index contributed by atoms with van der Waals surface area (Å²) >= 11 is 0. The molecule has 2 rings (SSSR count). The topological polar surface area (TPSA) is 43.4 Å². The van der Waals surface area contributed by atoms with Gasteiger partial charge >= 0.3 is 0 Å². The second kappa shape index (κ2) is 8.47. The fraction of sp³-hybridized carbons (Fsp3) is 0.471. The molecule has 0 saturated carbocycles. The number of nitrogens with one attached hydrogen (secondary N) is 1. The smallest absolute Gasteiger partial charge is 0.133 e. The maximum Gasteiger partial charge on any atom is 0.133 e. The number of rotatable bonds is 9. The largest absolute Gasteiger partial charge is 0.497 e. The number of ether oxygens (including phenoxy) is 2. The highest BCUT2D eigenvalue weighted by Gasteiger charge is 2.03. The fourth-order valence-electron chi connectivity index (χ4n) is 2.15. The molecule has 4 nitrogen and oxygen atoms in total. The highest BCUT2D eigenvalue weighted by atomic mass is 16.5. The predicted molar refractivity (Wildman–Crippen MR) is 87.1 cm³/mol. The van der Waals surface area contributed by atoms with Gasteiger partial charge in [0.1, 0.15) is 11.6 Å². The van der Waals surface area contributed by atoms with Crippen molar-refractivity contribution in [3.05, 3.63) is 30.5 Å². The summed E-state index contributed by atoms with van der Waals surface area (Å²) in [7, 11) is 1.68. The van der Waals surface area contributed by atoms with Crippen molar-refractivity contribution < 1.29 is 9.47 Å². The molecule has 1 heterocycles. The molecule has 114 valence electrons. The zero-order valence-electron chi connectivity index (χ0n) is 12.9. The zero-order valence-corrected chi connectivity index (χ0v) is 12.9. The summed E-state index contributed by atoms with van der Waals surface area (Å²) < 4.78 is 10.8. The Bertz CT molecular complexity index is 557. The molecular weight excluding hydrogens is 264 g/mol. The van der Waals surface area contributed by atoms with Crippen LogP contribution in [0.1, 0.15) is 26.2 Å². The van der Waals surface area contributed by atoms with E-state index in [9.17, 15) is 0 Å². The second-order valence-corrected chi connectivity index (χ2v) is 4.99. The van der Waals surface area contributed by atoms with Gasteiger partial charge in [0.25, 0.3) is 0 Å². The van der Waals surface area contributed by atoms with Gasteiger partial charge in [-0.1, -0.05) is 13.3 Å². The van der Waals surface area contributed by atoms with Gasteiger partial charge in [0.2, 0.25) is 0 Å². The van der Waals surface area contributed by atoms with Gasteiger partial charge in [-0.25, -0.2) is 4.98 Å². The lowest BCUT2D eigenvalue weighted by atomic mass is 10.1. The van der Waals surface area contributed by atoms with Crippen LogP contribution in [0.15, 0.2) is 30.5 Å². The second-order valence-electron chi connectivity index (χ2n) is 4.99. The molecule has 1 aromatic carbocycles. The lowest BCUT2D eigenvalue weighted by Crippen LogP contribution is -2.07. The van der Waals surface area contributed by atoms with E-state index >= 15 is 0 Å². The van der Waals surface area contributed by atoms with E-state index in [2.05, 4.69) is 17.2 Å². The molecule has 0 aliphatic carbocycles. The highest BCUT2D eigenvalue weighted by molar-refractivity contribution is 5.92. The third-order valence-corrected chi connectivity index (χ3v) is 3.37. The molecule has 0 saturated heterocycles. The molecule has 0 spiro atoms. The van der Waals surface area contributed by atoms with Gasteiger partial charge in [-0.05, 0) is 42.5 Å². The SMILES string of the molecule is CCCCOCCCNc1nccc2cc(OC)ccc12. The predicted octanol–water partition coefficient (Wildman–Crippen LogP) is 3.86. The number of hydrogen-bond acceptors (Lipinski definition) is 4. The molecule has 0 atom stereocenters. The van der Waals surface area contributed by atoms with E-state index in [1.165, 1.54) is 6.42 Å². The number of benzene rings is 1. The number of pyridine rings is 1. The quantitative estimate of drug-likeness (QED) is 0.711. The Balaban J connectivity index is 1.87. The Morgan fingerprint density at radius 2 is 2.00 bits per heavy atom. The van der Waals surface area contributed by atoms with Gasteiger partial charge in [0.15, 0.2) is 0 Å². The van der Waals surface area contributed by atoms with Crippen LogP contribution in [0.2, 0.25) is 0 Å². The maximum absolute atomic E-state index is 5.55. The van der Waals surface area contributed by atoms with E-state index in [1.807, 2.05) is 30.5 Å². The van der Waals surface area contributed by atoms with Crippen LogP contribution in [0.4, 0.5) is 5.82 Å². The van der Waals surface area contributed by atoms with Gasteiger partial charge in [-0.2, -0.15) is 0 Å². The van der Waals surface area contributed by atoms with E-state index in [0.717, 1.165) is 54.9 Å². The molecule has 1 N–H and O–H groups in total. The number of anilines is 1. The van der Waals surface area contributed by atoms with Crippen molar-refractivity contribution in [2.24, 2.45) is 0 Å². The molecule has 0 aliphatic rings. The van der Waals surface area contributed by atoms with Crippen molar-refractivity contribution in [1.29, 1.82) is 0 Å². The van der Waals surface area contributed by atoms with Crippen LogP contribution in [-0.2, 0) is 4.74 Å². The third kappa shape index (κ3) is 4.60. The molecule has 0 fully saturated rings. The monoisotopic (exact) mass is 288 g/mol. The van der Waals surface area contributed by atoms with Crippen LogP contribution < -0.4 is 10.1 Å². The summed E-state index contributed by atoms with van der Waals surface area (Å²) in [6.45, 7) is 4.70. The summed E-state index contributed by atoms with van der Waals surface area (Å²) in [5, 5.41) is 5.63. The van der Waals surface area contributed by atoms with Crippen molar-refractivity contribution in [3.8, 4) is 5.75 Å². The lowest BCUT2D eigenvalue weighted by molar-refractivity contribution is 0.131. The van der Waals surface area contributed by atoms with Crippen molar-refractivity contribution in [2.45, 2.75) is 26.2 Å². The Morgan fingerprint density at radius 1 is 1.14 bits per heavy atom. The van der Waals surface area contributed by atoms with Crippen molar-refractivity contribution in [3.63, 3.8) is 0 Å². The molecule has 2 aromatic rings. The first-order valence-corrected chi connectivity index (χ1v) is 7.59. The van der Waals surface area contributed by atoms with Gasteiger partial charge in [0, 0.05) is 31.3 Å². The number of fused-ring (bicyclic) bond motifs is 1. The average Bonchev–Trinajstić information content (AvgIpc) is 2.53. The van der Waals surface area contributed by atoms with Crippen molar-refractivity contribution in [2.75, 3.05) is 32.2 Å². The van der Waals surface area contributed by atoms with E-state index in [4.69, 9.17) is 9.47 Å². The summed E-state index contributed by atoms with van der Waals surface area (Å²) in [6.07, 6.45) is 5.13. The van der Waals surface area contributed by atoms with Crippen LogP contribution >= 0.6 is 0 Å². The summed E-state index contributed by atoms with van der Waals surface area (Å²) in [5.41, 5.74) is 0. The number of unbranched alkanes of at least 4 members (excludes halogenated alkanes) is 1. The molecular formula is C17H24N2O2. The first-order chi connectivity index (χ1) is 10.3.